The van der Waals surface area contributed by atoms with E-state index in [0.29, 0.717) is 11.1 Å². The van der Waals surface area contributed by atoms with Gasteiger partial charge in [-0.2, -0.15) is 0 Å². The lowest BCUT2D eigenvalue weighted by Gasteiger charge is -2.20. The summed E-state index contributed by atoms with van der Waals surface area (Å²) in [6.07, 6.45) is 0. The van der Waals surface area contributed by atoms with E-state index in [-0.39, 0.29) is 5.78 Å². The highest BCUT2D eigenvalue weighted by Crippen LogP contribution is 2.42. The van der Waals surface area contributed by atoms with Crippen LogP contribution in [0.2, 0.25) is 0 Å². The third-order valence-corrected chi connectivity index (χ3v) is 7.16. The van der Waals surface area contributed by atoms with Gasteiger partial charge in [-0.25, -0.2) is 0 Å². The van der Waals surface area contributed by atoms with E-state index in [1.54, 1.807) is 23.7 Å². The van der Waals surface area contributed by atoms with E-state index in [1.165, 1.54) is 6.92 Å². The zero-order chi connectivity index (χ0) is 16.4. The SMILES string of the molecule is CC(=O)c1ccc(P(=O)(c2ccccc2)c2ccccc2)n1C. The molecule has 0 spiro atoms. The summed E-state index contributed by atoms with van der Waals surface area (Å²) >= 11 is 0. The number of rotatable bonds is 4. The molecule has 0 bridgehead atoms. The first kappa shape index (κ1) is 15.5. The molecule has 116 valence electrons. The van der Waals surface area contributed by atoms with Gasteiger partial charge < -0.3 is 9.13 Å². The second-order valence-corrected chi connectivity index (χ2v) is 8.18. The molecular formula is C19H18NO2P. The van der Waals surface area contributed by atoms with Crippen LogP contribution in [0.25, 0.3) is 0 Å². The molecule has 0 atom stereocenters. The van der Waals surface area contributed by atoms with Crippen molar-refractivity contribution in [2.45, 2.75) is 6.92 Å². The zero-order valence-corrected chi connectivity index (χ0v) is 14.0. The molecule has 1 aromatic heterocycles. The van der Waals surface area contributed by atoms with Crippen molar-refractivity contribution < 1.29 is 9.36 Å². The van der Waals surface area contributed by atoms with Crippen LogP contribution in [-0.4, -0.2) is 10.4 Å². The maximum Gasteiger partial charge on any atom is 0.186 e. The summed E-state index contributed by atoms with van der Waals surface area (Å²) in [5, 5.41) is 1.53. The van der Waals surface area contributed by atoms with Crippen molar-refractivity contribution >= 4 is 29.0 Å². The first-order valence-electron chi connectivity index (χ1n) is 7.43. The minimum Gasteiger partial charge on any atom is -0.338 e. The quantitative estimate of drug-likeness (QED) is 0.547. The minimum absolute atomic E-state index is 0.0357. The molecule has 0 fully saturated rings. The molecule has 3 aromatic rings. The zero-order valence-electron chi connectivity index (χ0n) is 13.1. The van der Waals surface area contributed by atoms with E-state index in [2.05, 4.69) is 0 Å². The predicted molar refractivity (Wildman–Crippen MR) is 94.8 cm³/mol. The Labute approximate surface area is 136 Å². The number of nitrogens with zero attached hydrogens (tertiary/aromatic N) is 1. The van der Waals surface area contributed by atoms with Crippen LogP contribution >= 0.6 is 7.14 Å². The molecular weight excluding hydrogens is 305 g/mol. The largest absolute Gasteiger partial charge is 0.338 e. The number of carbonyl (C=O) groups is 1. The van der Waals surface area contributed by atoms with Crippen molar-refractivity contribution in [3.8, 4) is 0 Å². The summed E-state index contributed by atoms with van der Waals surface area (Å²) in [7, 11) is -1.23. The first-order chi connectivity index (χ1) is 11.0. The van der Waals surface area contributed by atoms with Crippen molar-refractivity contribution in [2.75, 3.05) is 0 Å². The number of carbonyl (C=O) groups excluding carboxylic acids is 1. The molecule has 4 heteroatoms. The van der Waals surface area contributed by atoms with Crippen LogP contribution in [0.15, 0.2) is 72.8 Å². The van der Waals surface area contributed by atoms with E-state index >= 15 is 0 Å². The molecule has 3 rings (SSSR count). The number of hydrogen-bond acceptors (Lipinski definition) is 2. The second-order valence-electron chi connectivity index (χ2n) is 5.47. The Morgan fingerprint density at radius 2 is 1.30 bits per heavy atom. The van der Waals surface area contributed by atoms with Gasteiger partial charge in [0.05, 0.1) is 11.1 Å². The Kier molecular flexibility index (Phi) is 4.06. The fourth-order valence-corrected chi connectivity index (χ4v) is 5.69. The summed E-state index contributed by atoms with van der Waals surface area (Å²) in [5.41, 5.74) is 1.23. The molecule has 2 aromatic carbocycles. The molecule has 0 aliphatic carbocycles. The Morgan fingerprint density at radius 1 is 0.826 bits per heavy atom. The lowest BCUT2D eigenvalue weighted by atomic mass is 10.3. The van der Waals surface area contributed by atoms with Gasteiger partial charge in [-0.15, -0.1) is 0 Å². The van der Waals surface area contributed by atoms with E-state index in [9.17, 15) is 9.36 Å². The fourth-order valence-electron chi connectivity index (χ4n) is 2.86. The second kappa shape index (κ2) is 6.02. The monoisotopic (exact) mass is 323 g/mol. The van der Waals surface area contributed by atoms with Crippen molar-refractivity contribution in [2.24, 2.45) is 7.05 Å². The third-order valence-electron chi connectivity index (χ3n) is 4.02. The molecule has 3 nitrogen and oxygen atoms in total. The van der Waals surface area contributed by atoms with Crippen molar-refractivity contribution in [1.82, 2.24) is 4.57 Å². The van der Waals surface area contributed by atoms with Gasteiger partial charge in [0.2, 0.25) is 0 Å². The normalized spacial score (nSPS) is 11.4. The van der Waals surface area contributed by atoms with Gasteiger partial charge in [0.1, 0.15) is 0 Å². The standard InChI is InChI=1S/C19H18NO2P/c1-15(21)18-13-14-19(20(18)2)23(22,16-9-5-3-6-10-16)17-11-7-4-8-12-17/h3-14H,1-2H3. The van der Waals surface area contributed by atoms with E-state index in [1.807, 2.05) is 60.7 Å². The summed E-state index contributed by atoms with van der Waals surface area (Å²) in [5.74, 6) is -0.0357. The molecule has 0 saturated heterocycles. The molecule has 0 N–H and O–H groups in total. The smallest absolute Gasteiger partial charge is 0.186 e. The van der Waals surface area contributed by atoms with Crippen LogP contribution < -0.4 is 16.0 Å². The van der Waals surface area contributed by atoms with Crippen LogP contribution in [-0.2, 0) is 11.6 Å². The summed E-state index contributed by atoms with van der Waals surface area (Å²) in [4.78, 5) is 11.8. The third kappa shape index (κ3) is 2.58. The lowest BCUT2D eigenvalue weighted by molar-refractivity contribution is 0.101. The van der Waals surface area contributed by atoms with Crippen LogP contribution in [0.1, 0.15) is 17.4 Å². The van der Waals surface area contributed by atoms with E-state index < -0.39 is 7.14 Å². The van der Waals surface area contributed by atoms with Gasteiger partial charge in [-0.3, -0.25) is 4.79 Å². The predicted octanol–water partition coefficient (Wildman–Crippen LogP) is 2.87. The minimum atomic E-state index is -3.02. The van der Waals surface area contributed by atoms with Crippen LogP contribution in [0, 0.1) is 0 Å². The topological polar surface area (TPSA) is 39.1 Å². The maximum absolute atomic E-state index is 14.1. The molecule has 0 radical (unpaired) electrons. The highest BCUT2D eigenvalue weighted by molar-refractivity contribution is 7.85. The van der Waals surface area contributed by atoms with Gasteiger partial charge in [-0.1, -0.05) is 60.7 Å². The lowest BCUT2D eigenvalue weighted by Crippen LogP contribution is -2.29. The molecule has 0 aliphatic heterocycles. The molecule has 23 heavy (non-hydrogen) atoms. The van der Waals surface area contributed by atoms with Gasteiger partial charge >= 0.3 is 0 Å². The first-order valence-corrected chi connectivity index (χ1v) is 9.14. The van der Waals surface area contributed by atoms with Crippen LogP contribution in [0.3, 0.4) is 0 Å². The van der Waals surface area contributed by atoms with Crippen molar-refractivity contribution in [1.29, 1.82) is 0 Å². The Bertz CT molecular complexity index is 839. The summed E-state index contributed by atoms with van der Waals surface area (Å²) < 4.78 is 15.9. The van der Waals surface area contributed by atoms with Gasteiger partial charge in [0.15, 0.2) is 12.9 Å². The number of hydrogen-bond donors (Lipinski definition) is 0. The number of benzene rings is 2. The molecule has 0 amide bonds. The Balaban J connectivity index is 2.30. The molecule has 0 saturated carbocycles. The van der Waals surface area contributed by atoms with E-state index in [0.717, 1.165) is 10.6 Å². The number of ketones is 1. The molecule has 0 unspecified atom stereocenters. The van der Waals surface area contributed by atoms with Gasteiger partial charge in [0, 0.05) is 24.6 Å². The average molecular weight is 323 g/mol. The van der Waals surface area contributed by atoms with Crippen LogP contribution in [0.5, 0.6) is 0 Å². The van der Waals surface area contributed by atoms with E-state index in [4.69, 9.17) is 0 Å². The van der Waals surface area contributed by atoms with Crippen molar-refractivity contribution in [3.63, 3.8) is 0 Å². The molecule has 1 heterocycles. The fraction of sp³-hybridized carbons (Fsp3) is 0.105. The highest BCUT2D eigenvalue weighted by atomic mass is 31.2. The summed E-state index contributed by atoms with van der Waals surface area (Å²) in [6.45, 7) is 1.52. The maximum atomic E-state index is 14.1. The van der Waals surface area contributed by atoms with Crippen molar-refractivity contribution in [3.05, 3.63) is 78.5 Å². The Hall–Kier alpha value is -2.38. The Morgan fingerprint density at radius 3 is 1.70 bits per heavy atom. The average Bonchev–Trinajstić information content (AvgIpc) is 2.98. The van der Waals surface area contributed by atoms with Gasteiger partial charge in [0.25, 0.3) is 0 Å². The number of Topliss-reactive ketones (excluding diaryl/α,β-unsaturated/α-hetero) is 1. The van der Waals surface area contributed by atoms with Gasteiger partial charge in [-0.05, 0) is 12.1 Å². The molecule has 0 aliphatic rings. The highest BCUT2D eigenvalue weighted by Gasteiger charge is 2.32. The van der Waals surface area contributed by atoms with Crippen LogP contribution in [0.4, 0.5) is 0 Å². The number of aromatic nitrogens is 1. The summed E-state index contributed by atoms with van der Waals surface area (Å²) in [6, 6.07) is 22.5.